The molecule has 0 aliphatic rings. The smallest absolute Gasteiger partial charge is 0.319 e. The highest BCUT2D eigenvalue weighted by atomic mass is 16.2. The highest BCUT2D eigenvalue weighted by molar-refractivity contribution is 5.89. The molecule has 0 saturated heterocycles. The first-order valence-corrected chi connectivity index (χ1v) is 7.13. The van der Waals surface area contributed by atoms with E-state index in [1.807, 2.05) is 36.4 Å². The zero-order chi connectivity index (χ0) is 15.1. The highest BCUT2D eigenvalue weighted by Crippen LogP contribution is 2.09. The molecule has 4 nitrogen and oxygen atoms in total. The largest absolute Gasteiger partial charge is 0.334 e. The number of rotatable bonds is 5. The molecule has 0 aromatic heterocycles. The number of hydrogen-bond acceptors (Lipinski definition) is 2. The quantitative estimate of drug-likeness (QED) is 0.789. The van der Waals surface area contributed by atoms with Crippen LogP contribution in [0.4, 0.5) is 10.5 Å². The number of anilines is 1. The van der Waals surface area contributed by atoms with Gasteiger partial charge in [0.2, 0.25) is 0 Å². The van der Waals surface area contributed by atoms with E-state index in [-0.39, 0.29) is 6.03 Å². The van der Waals surface area contributed by atoms with Gasteiger partial charge in [0.1, 0.15) is 0 Å². The van der Waals surface area contributed by atoms with Crippen LogP contribution in [0.15, 0.2) is 48.5 Å². The average molecular weight is 283 g/mol. The Morgan fingerprint density at radius 1 is 0.952 bits per heavy atom. The Kier molecular flexibility index (Phi) is 5.35. The molecule has 0 unspecified atom stereocenters. The van der Waals surface area contributed by atoms with Gasteiger partial charge in [0.05, 0.1) is 0 Å². The van der Waals surface area contributed by atoms with E-state index in [2.05, 4.69) is 29.7 Å². The number of carbonyl (C=O) groups is 1. The van der Waals surface area contributed by atoms with Gasteiger partial charge >= 0.3 is 6.03 Å². The van der Waals surface area contributed by atoms with Crippen molar-refractivity contribution in [2.45, 2.75) is 26.4 Å². The van der Waals surface area contributed by atoms with Crippen LogP contribution in [0.25, 0.3) is 0 Å². The van der Waals surface area contributed by atoms with E-state index in [4.69, 9.17) is 5.73 Å². The van der Waals surface area contributed by atoms with Gasteiger partial charge in [-0.15, -0.1) is 0 Å². The van der Waals surface area contributed by atoms with Crippen LogP contribution < -0.4 is 16.4 Å². The molecule has 110 valence electrons. The molecule has 2 rings (SSSR count). The van der Waals surface area contributed by atoms with E-state index < -0.39 is 0 Å². The molecule has 0 aliphatic carbocycles. The SMILES string of the molecule is CCc1ccc(CNC(=O)Nc2ccc(CN)cc2)cc1. The predicted octanol–water partition coefficient (Wildman–Crippen LogP) is 3.03. The Bertz CT molecular complexity index is 576. The summed E-state index contributed by atoms with van der Waals surface area (Å²) < 4.78 is 0. The molecule has 0 atom stereocenters. The van der Waals surface area contributed by atoms with Gasteiger partial charge in [0.15, 0.2) is 0 Å². The second-order valence-electron chi connectivity index (χ2n) is 4.88. The molecule has 0 spiro atoms. The minimum absolute atomic E-state index is 0.213. The first-order valence-electron chi connectivity index (χ1n) is 7.13. The maximum atomic E-state index is 11.8. The summed E-state index contributed by atoms with van der Waals surface area (Å²) in [4.78, 5) is 11.8. The lowest BCUT2D eigenvalue weighted by molar-refractivity contribution is 0.251. The van der Waals surface area contributed by atoms with Crippen molar-refractivity contribution in [3.63, 3.8) is 0 Å². The Balaban J connectivity index is 1.83. The molecule has 0 aliphatic heterocycles. The van der Waals surface area contributed by atoms with E-state index in [1.165, 1.54) is 5.56 Å². The molecule has 0 heterocycles. The number of aryl methyl sites for hydroxylation is 1. The number of hydrogen-bond donors (Lipinski definition) is 3. The van der Waals surface area contributed by atoms with E-state index >= 15 is 0 Å². The Labute approximate surface area is 125 Å². The van der Waals surface area contributed by atoms with Crippen LogP contribution in [0.3, 0.4) is 0 Å². The summed E-state index contributed by atoms with van der Waals surface area (Å²) in [5.74, 6) is 0. The highest BCUT2D eigenvalue weighted by Gasteiger charge is 2.02. The molecule has 21 heavy (non-hydrogen) atoms. The second-order valence-corrected chi connectivity index (χ2v) is 4.88. The van der Waals surface area contributed by atoms with Crippen LogP contribution in [0, 0.1) is 0 Å². The third kappa shape index (κ3) is 4.61. The minimum Gasteiger partial charge on any atom is -0.334 e. The maximum absolute atomic E-state index is 11.8. The fraction of sp³-hybridized carbons (Fsp3) is 0.235. The Hall–Kier alpha value is -2.33. The molecule has 4 heteroatoms. The monoisotopic (exact) mass is 283 g/mol. The van der Waals surface area contributed by atoms with Crippen LogP contribution in [-0.2, 0) is 19.5 Å². The van der Waals surface area contributed by atoms with Crippen molar-refractivity contribution in [3.8, 4) is 0 Å². The molecular formula is C17H21N3O. The molecule has 4 N–H and O–H groups in total. The maximum Gasteiger partial charge on any atom is 0.319 e. The van der Waals surface area contributed by atoms with Crippen LogP contribution in [0.5, 0.6) is 0 Å². The summed E-state index contributed by atoms with van der Waals surface area (Å²) >= 11 is 0. The summed E-state index contributed by atoms with van der Waals surface area (Å²) in [5, 5.41) is 5.63. The van der Waals surface area contributed by atoms with E-state index in [0.29, 0.717) is 13.1 Å². The first kappa shape index (κ1) is 15.1. The van der Waals surface area contributed by atoms with Crippen LogP contribution >= 0.6 is 0 Å². The lowest BCUT2D eigenvalue weighted by atomic mass is 10.1. The van der Waals surface area contributed by atoms with Gasteiger partial charge in [0.25, 0.3) is 0 Å². The van der Waals surface area contributed by atoms with Crippen molar-refractivity contribution >= 4 is 11.7 Å². The normalized spacial score (nSPS) is 10.2. The number of nitrogens with two attached hydrogens (primary N) is 1. The second kappa shape index (κ2) is 7.45. The number of nitrogens with one attached hydrogen (secondary N) is 2. The summed E-state index contributed by atoms with van der Waals surface area (Å²) in [6.45, 7) is 3.13. The lowest BCUT2D eigenvalue weighted by Gasteiger charge is -2.08. The molecule has 0 radical (unpaired) electrons. The first-order chi connectivity index (χ1) is 10.2. The predicted molar refractivity (Wildman–Crippen MR) is 86.0 cm³/mol. The topological polar surface area (TPSA) is 67.2 Å². The van der Waals surface area contributed by atoms with Gasteiger partial charge in [-0.05, 0) is 35.2 Å². The van der Waals surface area contributed by atoms with E-state index in [1.54, 1.807) is 0 Å². The molecular weight excluding hydrogens is 262 g/mol. The van der Waals surface area contributed by atoms with Crippen LogP contribution in [0.2, 0.25) is 0 Å². The van der Waals surface area contributed by atoms with Crippen molar-refractivity contribution in [2.24, 2.45) is 5.73 Å². The van der Waals surface area contributed by atoms with Gasteiger partial charge in [-0.1, -0.05) is 43.3 Å². The Morgan fingerprint density at radius 2 is 1.52 bits per heavy atom. The van der Waals surface area contributed by atoms with Gasteiger partial charge in [-0.3, -0.25) is 0 Å². The number of benzene rings is 2. The standard InChI is InChI=1S/C17H21N3O/c1-2-13-3-5-15(6-4-13)12-19-17(21)20-16-9-7-14(11-18)8-10-16/h3-10H,2,11-12,18H2,1H3,(H2,19,20,21). The molecule has 2 aromatic carbocycles. The Morgan fingerprint density at radius 3 is 2.10 bits per heavy atom. The van der Waals surface area contributed by atoms with Crippen molar-refractivity contribution in [2.75, 3.05) is 5.32 Å². The van der Waals surface area contributed by atoms with Gasteiger partial charge < -0.3 is 16.4 Å². The molecule has 0 saturated carbocycles. The summed E-state index contributed by atoms with van der Waals surface area (Å²) in [5.41, 5.74) is 9.71. The number of amides is 2. The van der Waals surface area contributed by atoms with Crippen molar-refractivity contribution < 1.29 is 4.79 Å². The summed E-state index contributed by atoms with van der Waals surface area (Å²) in [7, 11) is 0. The minimum atomic E-state index is -0.213. The van der Waals surface area contributed by atoms with Crippen molar-refractivity contribution in [3.05, 3.63) is 65.2 Å². The number of carbonyl (C=O) groups excluding carboxylic acids is 1. The number of urea groups is 1. The third-order valence-electron chi connectivity index (χ3n) is 3.33. The third-order valence-corrected chi connectivity index (χ3v) is 3.33. The van der Waals surface area contributed by atoms with Crippen molar-refractivity contribution in [1.29, 1.82) is 0 Å². The fourth-order valence-corrected chi connectivity index (χ4v) is 1.97. The van der Waals surface area contributed by atoms with Crippen molar-refractivity contribution in [1.82, 2.24) is 5.32 Å². The average Bonchev–Trinajstić information content (AvgIpc) is 2.54. The molecule has 0 bridgehead atoms. The van der Waals surface area contributed by atoms with E-state index in [9.17, 15) is 4.79 Å². The summed E-state index contributed by atoms with van der Waals surface area (Å²) in [6.07, 6.45) is 1.02. The van der Waals surface area contributed by atoms with Crippen LogP contribution in [-0.4, -0.2) is 6.03 Å². The van der Waals surface area contributed by atoms with E-state index in [0.717, 1.165) is 23.2 Å². The fourth-order valence-electron chi connectivity index (χ4n) is 1.97. The van der Waals surface area contributed by atoms with Gasteiger partial charge in [-0.25, -0.2) is 4.79 Å². The zero-order valence-corrected chi connectivity index (χ0v) is 12.2. The van der Waals surface area contributed by atoms with Gasteiger partial charge in [-0.2, -0.15) is 0 Å². The zero-order valence-electron chi connectivity index (χ0n) is 12.2. The van der Waals surface area contributed by atoms with Crippen LogP contribution in [0.1, 0.15) is 23.6 Å². The lowest BCUT2D eigenvalue weighted by Crippen LogP contribution is -2.28. The molecule has 0 fully saturated rings. The van der Waals surface area contributed by atoms with Gasteiger partial charge in [0, 0.05) is 18.8 Å². The molecule has 2 amide bonds. The summed E-state index contributed by atoms with van der Waals surface area (Å²) in [6, 6.07) is 15.5. The molecule has 2 aromatic rings.